The molecule has 0 spiro atoms. The summed E-state index contributed by atoms with van der Waals surface area (Å²) in [5.41, 5.74) is 0.779. The van der Waals surface area contributed by atoms with Gasteiger partial charge in [0.25, 0.3) is 0 Å². The summed E-state index contributed by atoms with van der Waals surface area (Å²) in [4.78, 5) is 24.3. The lowest BCUT2D eigenvalue weighted by atomic mass is 10.2. The molecule has 0 fully saturated rings. The molecule has 0 aliphatic rings. The Hall–Kier alpha value is -1.82. The van der Waals surface area contributed by atoms with E-state index < -0.39 is 5.97 Å². The summed E-state index contributed by atoms with van der Waals surface area (Å²) < 4.78 is 5.13. The number of hydrogen-bond donors (Lipinski definition) is 2. The maximum absolute atomic E-state index is 11.7. The number of carboxylic acids is 1. The molecule has 0 aromatic carbocycles. The van der Waals surface area contributed by atoms with Crippen LogP contribution >= 0.6 is 0 Å². The van der Waals surface area contributed by atoms with Crippen molar-refractivity contribution in [3.05, 3.63) is 23.2 Å². The van der Waals surface area contributed by atoms with Crippen LogP contribution in [-0.2, 0) is 11.3 Å². The Morgan fingerprint density at radius 1 is 1.45 bits per heavy atom. The molecule has 112 valence electrons. The molecule has 1 aromatic rings. The number of amides is 1. The second-order valence-corrected chi connectivity index (χ2v) is 5.37. The average molecular weight is 282 g/mol. The number of nitrogens with zero attached hydrogens (tertiary/aromatic N) is 1. The van der Waals surface area contributed by atoms with Crippen molar-refractivity contribution in [3.8, 4) is 0 Å². The molecule has 1 heterocycles. The van der Waals surface area contributed by atoms with Crippen molar-refractivity contribution in [1.82, 2.24) is 10.2 Å². The maximum atomic E-state index is 11.7. The van der Waals surface area contributed by atoms with Gasteiger partial charge in [0, 0.05) is 18.7 Å². The number of likely N-dealkylation sites (N-methyl/N-ethyl adjacent to an activating group) is 1. The minimum absolute atomic E-state index is 0.0409. The molecule has 0 atom stereocenters. The van der Waals surface area contributed by atoms with Gasteiger partial charge in [0.05, 0.1) is 6.54 Å². The first-order chi connectivity index (χ1) is 9.29. The smallest absolute Gasteiger partial charge is 0.371 e. The minimum Gasteiger partial charge on any atom is -0.475 e. The fourth-order valence-corrected chi connectivity index (χ4v) is 1.75. The zero-order valence-corrected chi connectivity index (χ0v) is 12.4. The van der Waals surface area contributed by atoms with Crippen molar-refractivity contribution >= 4 is 11.9 Å². The molecule has 0 saturated heterocycles. The molecule has 2 N–H and O–H groups in total. The Kier molecular flexibility index (Phi) is 5.76. The van der Waals surface area contributed by atoms with E-state index in [1.807, 2.05) is 25.8 Å². The van der Waals surface area contributed by atoms with Crippen molar-refractivity contribution in [3.63, 3.8) is 0 Å². The van der Waals surface area contributed by atoms with Gasteiger partial charge in [-0.05, 0) is 26.0 Å². The van der Waals surface area contributed by atoms with E-state index >= 15 is 0 Å². The van der Waals surface area contributed by atoms with Gasteiger partial charge in [-0.2, -0.15) is 0 Å². The summed E-state index contributed by atoms with van der Waals surface area (Å²) >= 11 is 0. The zero-order valence-electron chi connectivity index (χ0n) is 12.4. The molecule has 0 aliphatic heterocycles. The first kappa shape index (κ1) is 16.2. The van der Waals surface area contributed by atoms with Gasteiger partial charge in [-0.1, -0.05) is 13.8 Å². The second kappa shape index (κ2) is 7.09. The summed E-state index contributed by atoms with van der Waals surface area (Å²) in [6.07, 6.45) is 0. The standard InChI is InChI=1S/C14H22N2O4/c1-9(2)6-15-13(17)8-16(4)7-11-5-12(14(18)19)20-10(11)3/h5,9H,6-8H2,1-4H3,(H,15,17)(H,18,19). The number of nitrogens with one attached hydrogen (secondary N) is 1. The Morgan fingerprint density at radius 3 is 2.60 bits per heavy atom. The highest BCUT2D eigenvalue weighted by molar-refractivity contribution is 5.84. The monoisotopic (exact) mass is 282 g/mol. The van der Waals surface area contributed by atoms with E-state index in [-0.39, 0.29) is 18.2 Å². The molecule has 6 heteroatoms. The Bertz CT molecular complexity index is 480. The lowest BCUT2D eigenvalue weighted by molar-refractivity contribution is -0.122. The van der Waals surface area contributed by atoms with Crippen LogP contribution in [0.25, 0.3) is 0 Å². The molecule has 6 nitrogen and oxygen atoms in total. The van der Waals surface area contributed by atoms with Crippen molar-refractivity contribution in [2.75, 3.05) is 20.1 Å². The van der Waals surface area contributed by atoms with Crippen LogP contribution in [0.5, 0.6) is 0 Å². The topological polar surface area (TPSA) is 82.8 Å². The summed E-state index contributed by atoms with van der Waals surface area (Å²) in [6, 6.07) is 1.50. The summed E-state index contributed by atoms with van der Waals surface area (Å²) in [6.45, 7) is 7.17. The number of carbonyl (C=O) groups is 2. The number of furan rings is 1. The normalized spacial score (nSPS) is 11.1. The fraction of sp³-hybridized carbons (Fsp3) is 0.571. The van der Waals surface area contributed by atoms with Gasteiger partial charge < -0.3 is 14.8 Å². The van der Waals surface area contributed by atoms with Gasteiger partial charge in [0.1, 0.15) is 5.76 Å². The highest BCUT2D eigenvalue weighted by Crippen LogP contribution is 2.16. The van der Waals surface area contributed by atoms with Gasteiger partial charge >= 0.3 is 5.97 Å². The van der Waals surface area contributed by atoms with Crippen molar-refractivity contribution in [1.29, 1.82) is 0 Å². The largest absolute Gasteiger partial charge is 0.475 e. The average Bonchev–Trinajstić information content (AvgIpc) is 2.68. The van der Waals surface area contributed by atoms with Crippen LogP contribution in [0.3, 0.4) is 0 Å². The van der Waals surface area contributed by atoms with E-state index in [4.69, 9.17) is 9.52 Å². The molecule has 1 aromatic heterocycles. The van der Waals surface area contributed by atoms with Crippen molar-refractivity contribution < 1.29 is 19.1 Å². The van der Waals surface area contributed by atoms with Crippen LogP contribution < -0.4 is 5.32 Å². The highest BCUT2D eigenvalue weighted by Gasteiger charge is 2.15. The molecule has 1 amide bonds. The predicted octanol–water partition coefficient (Wildman–Crippen LogP) is 1.49. The molecule has 1 rings (SSSR count). The SMILES string of the molecule is Cc1oc(C(=O)O)cc1CN(C)CC(=O)NCC(C)C. The van der Waals surface area contributed by atoms with Crippen LogP contribution in [-0.4, -0.2) is 42.0 Å². The molecular weight excluding hydrogens is 260 g/mol. The molecule has 0 aliphatic carbocycles. The minimum atomic E-state index is -1.09. The Balaban J connectivity index is 2.51. The van der Waals surface area contributed by atoms with Gasteiger partial charge in [-0.15, -0.1) is 0 Å². The van der Waals surface area contributed by atoms with E-state index in [1.54, 1.807) is 6.92 Å². The van der Waals surface area contributed by atoms with Gasteiger partial charge in [-0.3, -0.25) is 9.69 Å². The van der Waals surface area contributed by atoms with E-state index in [1.165, 1.54) is 6.07 Å². The first-order valence-corrected chi connectivity index (χ1v) is 6.57. The second-order valence-electron chi connectivity index (χ2n) is 5.37. The third-order valence-corrected chi connectivity index (χ3v) is 2.79. The number of aryl methyl sites for hydroxylation is 1. The van der Waals surface area contributed by atoms with Gasteiger partial charge in [0.15, 0.2) is 0 Å². The number of aromatic carboxylic acids is 1. The van der Waals surface area contributed by atoms with Crippen molar-refractivity contribution in [2.45, 2.75) is 27.3 Å². The number of hydrogen-bond acceptors (Lipinski definition) is 4. The number of carbonyl (C=O) groups excluding carboxylic acids is 1. The number of rotatable bonds is 7. The molecule has 0 saturated carbocycles. The molecule has 0 bridgehead atoms. The summed E-state index contributed by atoms with van der Waals surface area (Å²) in [5.74, 6) is -0.219. The quantitative estimate of drug-likeness (QED) is 0.791. The molecule has 0 radical (unpaired) electrons. The predicted molar refractivity (Wildman–Crippen MR) is 74.6 cm³/mol. The van der Waals surface area contributed by atoms with Crippen LogP contribution in [0.15, 0.2) is 10.5 Å². The molecule has 20 heavy (non-hydrogen) atoms. The van der Waals surface area contributed by atoms with Crippen LogP contribution in [0.1, 0.15) is 35.7 Å². The lowest BCUT2D eigenvalue weighted by Gasteiger charge is -2.16. The van der Waals surface area contributed by atoms with E-state index in [9.17, 15) is 9.59 Å². The van der Waals surface area contributed by atoms with Crippen LogP contribution in [0, 0.1) is 12.8 Å². The number of carboxylic acid groups (broad SMARTS) is 1. The summed E-state index contributed by atoms with van der Waals surface area (Å²) in [5, 5.41) is 11.7. The van der Waals surface area contributed by atoms with Crippen LogP contribution in [0.4, 0.5) is 0 Å². The van der Waals surface area contributed by atoms with Crippen LogP contribution in [0.2, 0.25) is 0 Å². The lowest BCUT2D eigenvalue weighted by Crippen LogP contribution is -2.36. The fourth-order valence-electron chi connectivity index (χ4n) is 1.75. The third kappa shape index (κ3) is 5.05. The maximum Gasteiger partial charge on any atom is 0.371 e. The highest BCUT2D eigenvalue weighted by atomic mass is 16.4. The summed E-state index contributed by atoms with van der Waals surface area (Å²) in [7, 11) is 1.81. The zero-order chi connectivity index (χ0) is 15.3. The van der Waals surface area contributed by atoms with E-state index in [0.29, 0.717) is 24.8 Å². The molecular formula is C14H22N2O4. The Labute approximate surface area is 118 Å². The van der Waals surface area contributed by atoms with E-state index in [2.05, 4.69) is 5.32 Å². The van der Waals surface area contributed by atoms with E-state index in [0.717, 1.165) is 5.56 Å². The first-order valence-electron chi connectivity index (χ1n) is 6.57. The Morgan fingerprint density at radius 2 is 2.10 bits per heavy atom. The third-order valence-electron chi connectivity index (χ3n) is 2.79. The van der Waals surface area contributed by atoms with Gasteiger partial charge in [0.2, 0.25) is 11.7 Å². The van der Waals surface area contributed by atoms with Crippen molar-refractivity contribution in [2.24, 2.45) is 5.92 Å². The van der Waals surface area contributed by atoms with Gasteiger partial charge in [-0.25, -0.2) is 4.79 Å². The molecule has 0 unspecified atom stereocenters.